The monoisotopic (exact) mass is 344 g/mol. The first kappa shape index (κ1) is 19.6. The number of aryl methyl sites for hydroxylation is 1. The maximum atomic E-state index is 12.3. The molecular formula is C21H32N2O2. The van der Waals surface area contributed by atoms with Gasteiger partial charge in [-0.1, -0.05) is 44.0 Å². The number of unbranched alkanes of at least 4 members (excludes halogenated alkanes) is 2. The third-order valence-electron chi connectivity index (χ3n) is 5.06. The molecule has 0 spiro atoms. The van der Waals surface area contributed by atoms with Gasteiger partial charge in [-0.25, -0.2) is 0 Å². The molecule has 1 fully saturated rings. The van der Waals surface area contributed by atoms with Crippen molar-refractivity contribution in [3.8, 4) is 0 Å². The lowest BCUT2D eigenvalue weighted by Crippen LogP contribution is -2.40. The Hall–Kier alpha value is -1.68. The molecule has 0 radical (unpaired) electrons. The Labute approximate surface area is 151 Å². The fourth-order valence-corrected chi connectivity index (χ4v) is 3.37. The average molecular weight is 344 g/mol. The summed E-state index contributed by atoms with van der Waals surface area (Å²) in [6.07, 6.45) is 9.07. The van der Waals surface area contributed by atoms with Crippen molar-refractivity contribution >= 4 is 11.7 Å². The van der Waals surface area contributed by atoms with Crippen LogP contribution in [-0.2, 0) is 11.2 Å². The second kappa shape index (κ2) is 10.3. The van der Waals surface area contributed by atoms with Crippen LogP contribution in [0.25, 0.3) is 0 Å². The minimum absolute atomic E-state index is 0.0231. The molecule has 0 unspecified atom stereocenters. The van der Waals surface area contributed by atoms with E-state index in [-0.39, 0.29) is 36.6 Å². The summed E-state index contributed by atoms with van der Waals surface area (Å²) in [5, 5.41) is 3.04. The average Bonchev–Trinajstić information content (AvgIpc) is 2.62. The number of benzene rings is 1. The second-order valence-corrected chi connectivity index (χ2v) is 7.26. The van der Waals surface area contributed by atoms with Crippen molar-refractivity contribution in [3.63, 3.8) is 0 Å². The van der Waals surface area contributed by atoms with Gasteiger partial charge in [-0.15, -0.1) is 0 Å². The molecule has 1 saturated carbocycles. The zero-order valence-electron chi connectivity index (χ0n) is 15.4. The molecular weight excluding hydrogens is 312 g/mol. The summed E-state index contributed by atoms with van der Waals surface area (Å²) in [6, 6.07) is 8.36. The molecule has 25 heavy (non-hydrogen) atoms. The van der Waals surface area contributed by atoms with E-state index in [1.807, 2.05) is 24.3 Å². The van der Waals surface area contributed by atoms with Gasteiger partial charge in [0.2, 0.25) is 5.91 Å². The summed E-state index contributed by atoms with van der Waals surface area (Å²) in [4.78, 5) is 24.3. The van der Waals surface area contributed by atoms with Gasteiger partial charge in [0.1, 0.15) is 0 Å². The maximum absolute atomic E-state index is 12.3. The molecule has 0 aliphatic heterocycles. The third-order valence-corrected chi connectivity index (χ3v) is 5.06. The van der Waals surface area contributed by atoms with Gasteiger partial charge in [-0.2, -0.15) is 0 Å². The van der Waals surface area contributed by atoms with Crippen molar-refractivity contribution in [1.82, 2.24) is 5.32 Å². The summed E-state index contributed by atoms with van der Waals surface area (Å²) in [5.74, 6) is 0.0194. The highest BCUT2D eigenvalue weighted by molar-refractivity contribution is 5.98. The first-order valence-electron chi connectivity index (χ1n) is 9.75. The zero-order chi connectivity index (χ0) is 18.1. The predicted octanol–water partition coefficient (Wildman–Crippen LogP) is 3.77. The van der Waals surface area contributed by atoms with Crippen LogP contribution < -0.4 is 11.1 Å². The summed E-state index contributed by atoms with van der Waals surface area (Å²) in [5.41, 5.74) is 7.86. The fraction of sp³-hybridized carbons (Fsp3) is 0.619. The minimum Gasteiger partial charge on any atom is -0.353 e. The van der Waals surface area contributed by atoms with Crippen molar-refractivity contribution in [2.45, 2.75) is 83.2 Å². The number of nitrogens with two attached hydrogens (primary N) is 1. The van der Waals surface area contributed by atoms with E-state index in [1.165, 1.54) is 24.8 Å². The van der Waals surface area contributed by atoms with E-state index in [9.17, 15) is 9.59 Å². The number of Topliss-reactive ketones (excluding diaryl/α,β-unsaturated/α-hetero) is 1. The van der Waals surface area contributed by atoms with E-state index < -0.39 is 0 Å². The largest absolute Gasteiger partial charge is 0.353 e. The number of nitrogens with one attached hydrogen (secondary N) is 1. The van der Waals surface area contributed by atoms with Crippen LogP contribution in [0.4, 0.5) is 0 Å². The Kier molecular flexibility index (Phi) is 8.13. The van der Waals surface area contributed by atoms with Gasteiger partial charge < -0.3 is 11.1 Å². The lowest BCUT2D eigenvalue weighted by Gasteiger charge is -2.26. The summed E-state index contributed by atoms with van der Waals surface area (Å²) in [6.45, 7) is 2.20. The SMILES string of the molecule is CCCCCc1ccc(C(=O)CCC(=O)NC2CCC(N)CC2)cc1. The van der Waals surface area contributed by atoms with Gasteiger partial charge in [0, 0.05) is 30.5 Å². The molecule has 1 aromatic rings. The topological polar surface area (TPSA) is 72.2 Å². The first-order valence-corrected chi connectivity index (χ1v) is 9.75. The molecule has 0 aromatic heterocycles. The Morgan fingerprint density at radius 3 is 2.36 bits per heavy atom. The Morgan fingerprint density at radius 1 is 1.04 bits per heavy atom. The van der Waals surface area contributed by atoms with Gasteiger partial charge in [0.25, 0.3) is 0 Å². The maximum Gasteiger partial charge on any atom is 0.220 e. The number of amides is 1. The van der Waals surface area contributed by atoms with Gasteiger partial charge in [0.15, 0.2) is 5.78 Å². The number of hydrogen-bond acceptors (Lipinski definition) is 3. The molecule has 138 valence electrons. The normalized spacial score (nSPS) is 20.2. The molecule has 4 heteroatoms. The number of carbonyl (C=O) groups excluding carboxylic acids is 2. The molecule has 1 aromatic carbocycles. The molecule has 3 N–H and O–H groups in total. The standard InChI is InChI=1S/C21H32N2O2/c1-2-3-4-5-16-6-8-17(9-7-16)20(24)14-15-21(25)23-19-12-10-18(22)11-13-19/h6-9,18-19H,2-5,10-15,22H2,1H3,(H,23,25). The number of ketones is 1. The lowest BCUT2D eigenvalue weighted by atomic mass is 9.91. The zero-order valence-corrected chi connectivity index (χ0v) is 15.4. The van der Waals surface area contributed by atoms with Gasteiger partial charge >= 0.3 is 0 Å². The van der Waals surface area contributed by atoms with Crippen LogP contribution in [0.5, 0.6) is 0 Å². The quantitative estimate of drug-likeness (QED) is 0.529. The highest BCUT2D eigenvalue weighted by atomic mass is 16.2. The van der Waals surface area contributed by atoms with E-state index in [2.05, 4.69) is 12.2 Å². The van der Waals surface area contributed by atoms with Crippen LogP contribution in [0, 0.1) is 0 Å². The summed E-state index contributed by atoms with van der Waals surface area (Å²) in [7, 11) is 0. The van der Waals surface area contributed by atoms with Crippen LogP contribution in [0.3, 0.4) is 0 Å². The summed E-state index contributed by atoms with van der Waals surface area (Å²) < 4.78 is 0. The van der Waals surface area contributed by atoms with E-state index in [0.717, 1.165) is 32.1 Å². The van der Waals surface area contributed by atoms with Gasteiger partial charge in [0.05, 0.1) is 0 Å². The Balaban J connectivity index is 1.71. The number of hydrogen-bond donors (Lipinski definition) is 2. The van der Waals surface area contributed by atoms with Crippen molar-refractivity contribution in [2.75, 3.05) is 0 Å². The minimum atomic E-state index is -0.0231. The van der Waals surface area contributed by atoms with E-state index in [1.54, 1.807) is 0 Å². The van der Waals surface area contributed by atoms with Crippen LogP contribution in [0.15, 0.2) is 24.3 Å². The number of carbonyl (C=O) groups is 2. The molecule has 1 aliphatic carbocycles. The molecule has 0 atom stereocenters. The highest BCUT2D eigenvalue weighted by Crippen LogP contribution is 2.17. The van der Waals surface area contributed by atoms with Crippen molar-refractivity contribution < 1.29 is 9.59 Å². The van der Waals surface area contributed by atoms with Crippen molar-refractivity contribution in [1.29, 1.82) is 0 Å². The molecule has 1 amide bonds. The molecule has 0 bridgehead atoms. The number of rotatable bonds is 9. The van der Waals surface area contributed by atoms with Gasteiger partial charge in [-0.3, -0.25) is 9.59 Å². The lowest BCUT2D eigenvalue weighted by molar-refractivity contribution is -0.122. The van der Waals surface area contributed by atoms with E-state index in [0.29, 0.717) is 5.56 Å². The Morgan fingerprint density at radius 2 is 1.72 bits per heavy atom. The highest BCUT2D eigenvalue weighted by Gasteiger charge is 2.20. The fourth-order valence-electron chi connectivity index (χ4n) is 3.37. The molecule has 0 saturated heterocycles. The molecule has 4 nitrogen and oxygen atoms in total. The van der Waals surface area contributed by atoms with Gasteiger partial charge in [-0.05, 0) is 44.1 Å². The predicted molar refractivity (Wildman–Crippen MR) is 102 cm³/mol. The first-order chi connectivity index (χ1) is 12.1. The van der Waals surface area contributed by atoms with E-state index >= 15 is 0 Å². The molecule has 0 heterocycles. The Bertz CT molecular complexity index is 546. The molecule has 2 rings (SSSR count). The van der Waals surface area contributed by atoms with Crippen molar-refractivity contribution in [3.05, 3.63) is 35.4 Å². The van der Waals surface area contributed by atoms with Crippen LogP contribution >= 0.6 is 0 Å². The van der Waals surface area contributed by atoms with E-state index in [4.69, 9.17) is 5.73 Å². The summed E-state index contributed by atoms with van der Waals surface area (Å²) >= 11 is 0. The van der Waals surface area contributed by atoms with Crippen LogP contribution in [0.2, 0.25) is 0 Å². The van der Waals surface area contributed by atoms with Crippen molar-refractivity contribution in [2.24, 2.45) is 5.73 Å². The molecule has 1 aliphatic rings. The smallest absolute Gasteiger partial charge is 0.220 e. The third kappa shape index (κ3) is 6.99. The van der Waals surface area contributed by atoms with Crippen LogP contribution in [0.1, 0.15) is 80.6 Å². The second-order valence-electron chi connectivity index (χ2n) is 7.26. The van der Waals surface area contributed by atoms with Crippen LogP contribution in [-0.4, -0.2) is 23.8 Å².